The first-order valence-corrected chi connectivity index (χ1v) is 7.90. The number of rotatable bonds is 3. The normalized spacial score (nSPS) is 12.8. The summed E-state index contributed by atoms with van der Waals surface area (Å²) in [5.74, 6) is 0.00372. The van der Waals surface area contributed by atoms with Crippen LogP contribution in [0.5, 0.6) is 0 Å². The van der Waals surface area contributed by atoms with E-state index in [1.165, 1.54) is 28.2 Å². The van der Waals surface area contributed by atoms with Gasteiger partial charge in [0.25, 0.3) is 5.56 Å². The molecule has 3 rings (SSSR count). The summed E-state index contributed by atoms with van der Waals surface area (Å²) in [5, 5.41) is 0. The van der Waals surface area contributed by atoms with Gasteiger partial charge in [-0.15, -0.1) is 11.3 Å². The lowest BCUT2D eigenvalue weighted by atomic mass is 10.1. The molecule has 0 saturated heterocycles. The van der Waals surface area contributed by atoms with Crippen molar-refractivity contribution in [3.63, 3.8) is 0 Å². The Kier molecular flexibility index (Phi) is 4.12. The number of aromatic nitrogens is 1. The van der Waals surface area contributed by atoms with Gasteiger partial charge in [-0.3, -0.25) is 9.59 Å². The van der Waals surface area contributed by atoms with E-state index < -0.39 is 0 Å². The van der Waals surface area contributed by atoms with Gasteiger partial charge >= 0.3 is 0 Å². The van der Waals surface area contributed by atoms with Gasteiger partial charge in [0.1, 0.15) is 4.66 Å². The van der Waals surface area contributed by atoms with Crippen LogP contribution in [0.3, 0.4) is 0 Å². The molecule has 0 amide bonds. The monoisotopic (exact) mass is 325 g/mol. The molecule has 2 heterocycles. The van der Waals surface area contributed by atoms with Crippen molar-refractivity contribution in [1.29, 1.82) is 0 Å². The average Bonchev–Trinajstić information content (AvgIpc) is 3.13. The number of benzene rings is 1. The summed E-state index contributed by atoms with van der Waals surface area (Å²) in [4.78, 5) is 24.4. The Balaban J connectivity index is 2.09. The minimum atomic E-state index is -0.256. The number of carbonyl (C=O) groups is 1. The molecule has 0 aliphatic heterocycles. The number of thiazole rings is 1. The van der Waals surface area contributed by atoms with Crippen LogP contribution in [0.2, 0.25) is 0 Å². The molecule has 4 nitrogen and oxygen atoms in total. The lowest BCUT2D eigenvalue weighted by Crippen LogP contribution is -2.29. The van der Waals surface area contributed by atoms with Crippen LogP contribution >= 0.6 is 11.3 Å². The fourth-order valence-corrected chi connectivity index (χ4v) is 3.25. The molecule has 0 unspecified atom stereocenters. The Bertz CT molecular complexity index is 1020. The maximum absolute atomic E-state index is 12.3. The van der Waals surface area contributed by atoms with Crippen LogP contribution in [-0.4, -0.2) is 10.4 Å². The number of nitrogens with zero attached hydrogens (tertiary/aromatic N) is 1. The third-order valence-corrected chi connectivity index (χ3v) is 4.53. The number of furan rings is 1. The predicted octanol–water partition coefficient (Wildman–Crippen LogP) is 1.84. The Morgan fingerprint density at radius 1 is 1.26 bits per heavy atom. The van der Waals surface area contributed by atoms with Crippen LogP contribution in [0, 0.1) is 6.92 Å². The van der Waals surface area contributed by atoms with Crippen LogP contribution in [0.4, 0.5) is 0 Å². The van der Waals surface area contributed by atoms with Gasteiger partial charge in [-0.1, -0.05) is 29.8 Å². The van der Waals surface area contributed by atoms with Gasteiger partial charge in [0, 0.05) is 13.1 Å². The fraction of sp³-hybridized carbons (Fsp3) is 0.111. The molecule has 0 aliphatic carbocycles. The summed E-state index contributed by atoms with van der Waals surface area (Å²) in [5.41, 5.74) is 1.98. The van der Waals surface area contributed by atoms with Gasteiger partial charge in [0.05, 0.1) is 10.8 Å². The fourth-order valence-electron chi connectivity index (χ4n) is 2.22. The highest BCUT2D eigenvalue weighted by Crippen LogP contribution is 2.04. The van der Waals surface area contributed by atoms with E-state index in [-0.39, 0.29) is 17.1 Å². The van der Waals surface area contributed by atoms with Crippen LogP contribution in [-0.2, 0) is 7.05 Å². The van der Waals surface area contributed by atoms with Crippen molar-refractivity contribution in [2.75, 3.05) is 0 Å². The molecule has 23 heavy (non-hydrogen) atoms. The summed E-state index contributed by atoms with van der Waals surface area (Å²) in [6, 6.07) is 11.2. The van der Waals surface area contributed by atoms with Crippen LogP contribution in [0.15, 0.2) is 51.9 Å². The van der Waals surface area contributed by atoms with E-state index in [0.717, 1.165) is 11.1 Å². The van der Waals surface area contributed by atoms with E-state index in [9.17, 15) is 9.59 Å². The summed E-state index contributed by atoms with van der Waals surface area (Å²) in [7, 11) is 1.66. The molecule has 0 saturated carbocycles. The Morgan fingerprint density at radius 2 is 2.09 bits per heavy atom. The molecular formula is C18H15NO3S. The second-order valence-electron chi connectivity index (χ2n) is 5.21. The molecule has 0 fully saturated rings. The second kappa shape index (κ2) is 6.22. The molecule has 1 aromatic carbocycles. The summed E-state index contributed by atoms with van der Waals surface area (Å²) < 4.78 is 7.75. The van der Waals surface area contributed by atoms with E-state index in [1.54, 1.807) is 19.2 Å². The van der Waals surface area contributed by atoms with Crippen molar-refractivity contribution in [2.45, 2.75) is 6.92 Å². The van der Waals surface area contributed by atoms with Gasteiger partial charge in [-0.2, -0.15) is 0 Å². The third kappa shape index (κ3) is 3.24. The maximum atomic E-state index is 12.3. The lowest BCUT2D eigenvalue weighted by molar-refractivity contribution is 0.103. The third-order valence-electron chi connectivity index (χ3n) is 3.42. The molecule has 116 valence electrons. The zero-order valence-corrected chi connectivity index (χ0v) is 13.6. The zero-order chi connectivity index (χ0) is 16.4. The maximum Gasteiger partial charge on any atom is 0.268 e. The van der Waals surface area contributed by atoms with Gasteiger partial charge in [0.15, 0.2) is 5.76 Å². The minimum Gasteiger partial charge on any atom is -0.461 e. The number of hydrogen-bond acceptors (Lipinski definition) is 4. The van der Waals surface area contributed by atoms with Crippen LogP contribution < -0.4 is 14.8 Å². The van der Waals surface area contributed by atoms with Crippen LogP contribution in [0.1, 0.15) is 21.7 Å². The predicted molar refractivity (Wildman–Crippen MR) is 91.1 cm³/mol. The van der Waals surface area contributed by atoms with E-state index in [2.05, 4.69) is 0 Å². The van der Waals surface area contributed by atoms with Crippen molar-refractivity contribution >= 4 is 29.3 Å². The first-order valence-electron chi connectivity index (χ1n) is 7.08. The Labute approximate surface area is 136 Å². The molecule has 0 N–H and O–H groups in total. The van der Waals surface area contributed by atoms with Crippen molar-refractivity contribution in [2.24, 2.45) is 7.05 Å². The van der Waals surface area contributed by atoms with Crippen molar-refractivity contribution in [3.8, 4) is 0 Å². The van der Waals surface area contributed by atoms with Crippen molar-refractivity contribution < 1.29 is 9.21 Å². The highest BCUT2D eigenvalue weighted by molar-refractivity contribution is 7.07. The highest BCUT2D eigenvalue weighted by atomic mass is 32.1. The minimum absolute atomic E-state index is 0.116. The van der Waals surface area contributed by atoms with Gasteiger partial charge in [-0.25, -0.2) is 0 Å². The number of hydrogen-bond donors (Lipinski definition) is 0. The SMILES string of the molecule is Cc1cccc(/C=c2\s/c(=C\C(=O)c3ccco3)n(C)c2=O)c1. The summed E-state index contributed by atoms with van der Waals surface area (Å²) in [6.45, 7) is 2.01. The molecule has 2 aromatic heterocycles. The molecule has 0 bridgehead atoms. The lowest BCUT2D eigenvalue weighted by Gasteiger charge is -1.93. The topological polar surface area (TPSA) is 52.2 Å². The average molecular weight is 325 g/mol. The van der Waals surface area contributed by atoms with Crippen molar-refractivity contribution in [3.05, 3.63) is 79.1 Å². The van der Waals surface area contributed by atoms with E-state index in [1.807, 2.05) is 37.3 Å². The number of carbonyl (C=O) groups excluding carboxylic acids is 1. The summed E-state index contributed by atoms with van der Waals surface area (Å²) >= 11 is 1.29. The molecule has 5 heteroatoms. The Hall–Kier alpha value is -2.66. The quantitative estimate of drug-likeness (QED) is 0.691. The first kappa shape index (κ1) is 15.2. The largest absolute Gasteiger partial charge is 0.461 e. The highest BCUT2D eigenvalue weighted by Gasteiger charge is 2.07. The van der Waals surface area contributed by atoms with Crippen LogP contribution in [0.25, 0.3) is 12.2 Å². The van der Waals surface area contributed by atoms with Gasteiger partial charge < -0.3 is 8.98 Å². The number of aryl methyl sites for hydroxylation is 1. The summed E-state index contributed by atoms with van der Waals surface area (Å²) in [6.07, 6.45) is 4.72. The number of Topliss-reactive ketones (excluding diaryl/α,β-unsaturated/α-hetero) is 1. The molecular weight excluding hydrogens is 310 g/mol. The standard InChI is InChI=1S/C18H15NO3S/c1-12-5-3-6-13(9-12)10-16-18(21)19(2)17(23-16)11-14(20)15-7-4-8-22-15/h3-11H,1-2H3/b16-10-,17-11-. The van der Waals surface area contributed by atoms with E-state index in [0.29, 0.717) is 9.20 Å². The molecule has 3 aromatic rings. The first-order chi connectivity index (χ1) is 11.0. The zero-order valence-electron chi connectivity index (χ0n) is 12.8. The van der Waals surface area contributed by atoms with Crippen molar-refractivity contribution in [1.82, 2.24) is 4.57 Å². The van der Waals surface area contributed by atoms with Gasteiger partial charge in [0.2, 0.25) is 5.78 Å². The Morgan fingerprint density at radius 3 is 2.78 bits per heavy atom. The molecule has 0 radical (unpaired) electrons. The van der Waals surface area contributed by atoms with E-state index in [4.69, 9.17) is 4.42 Å². The smallest absolute Gasteiger partial charge is 0.268 e. The number of ketones is 1. The van der Waals surface area contributed by atoms with Gasteiger partial charge in [-0.05, 0) is 30.7 Å². The molecule has 0 aliphatic rings. The van der Waals surface area contributed by atoms with E-state index >= 15 is 0 Å². The second-order valence-corrected chi connectivity index (χ2v) is 6.28. The molecule has 0 spiro atoms. The molecule has 0 atom stereocenters.